The summed E-state index contributed by atoms with van der Waals surface area (Å²) >= 11 is 0. The van der Waals surface area contributed by atoms with Gasteiger partial charge in [0.25, 0.3) is 0 Å². The summed E-state index contributed by atoms with van der Waals surface area (Å²) in [5.74, 6) is 0. The van der Waals surface area contributed by atoms with Crippen molar-refractivity contribution in [2.24, 2.45) is 0 Å². The zero-order valence-electron chi connectivity index (χ0n) is 18.8. The van der Waals surface area contributed by atoms with Gasteiger partial charge in [0.1, 0.15) is 0 Å². The smallest absolute Gasteiger partial charge is 0.211 e. The Hall–Kier alpha value is -0.130. The quantitative estimate of drug-likeness (QED) is 0.364. The molecule has 1 heterocycles. The molecule has 0 bridgehead atoms. The van der Waals surface area contributed by atoms with Crippen molar-refractivity contribution in [2.45, 2.75) is 123 Å². The van der Waals surface area contributed by atoms with E-state index in [1.165, 1.54) is 83.3 Å². The molecule has 0 radical (unpaired) electrons. The summed E-state index contributed by atoms with van der Waals surface area (Å²) in [4.78, 5) is 2.65. The van der Waals surface area contributed by atoms with Crippen molar-refractivity contribution in [3.63, 3.8) is 0 Å². The molecule has 5 heteroatoms. The lowest BCUT2D eigenvalue weighted by Gasteiger charge is -2.47. The van der Waals surface area contributed by atoms with Gasteiger partial charge in [-0.15, -0.1) is 0 Å². The highest BCUT2D eigenvalue weighted by atomic mass is 32.2. The Morgan fingerprint density at radius 2 is 1.19 bits per heavy atom. The Morgan fingerprint density at radius 1 is 0.778 bits per heavy atom. The van der Waals surface area contributed by atoms with Crippen molar-refractivity contribution in [1.82, 2.24) is 9.21 Å². The third kappa shape index (κ3) is 9.27. The summed E-state index contributed by atoms with van der Waals surface area (Å²) < 4.78 is 25.7. The second-order valence-electron chi connectivity index (χ2n) is 8.78. The van der Waals surface area contributed by atoms with Gasteiger partial charge in [0.15, 0.2) is 0 Å². The van der Waals surface area contributed by atoms with Gasteiger partial charge in [-0.05, 0) is 26.7 Å². The minimum atomic E-state index is -3.09. The first-order chi connectivity index (χ1) is 12.8. The van der Waals surface area contributed by atoms with Crippen LogP contribution >= 0.6 is 0 Å². The maximum atomic E-state index is 12.0. The summed E-state index contributed by atoms with van der Waals surface area (Å²) in [6, 6.07) is 1.22. The van der Waals surface area contributed by atoms with E-state index < -0.39 is 10.0 Å². The molecule has 162 valence electrons. The number of rotatable bonds is 14. The fraction of sp³-hybridized carbons (Fsp3) is 1.00. The Bertz CT molecular complexity index is 455. The average molecular weight is 403 g/mol. The Balaban J connectivity index is 2.65. The number of sulfonamides is 1. The van der Waals surface area contributed by atoms with Crippen LogP contribution < -0.4 is 0 Å². The molecule has 0 aromatic heterocycles. The average Bonchev–Trinajstić information content (AvgIpc) is 2.59. The van der Waals surface area contributed by atoms with E-state index in [4.69, 9.17) is 0 Å². The predicted molar refractivity (Wildman–Crippen MR) is 118 cm³/mol. The summed E-state index contributed by atoms with van der Waals surface area (Å²) in [6.07, 6.45) is 17.2. The highest BCUT2D eigenvalue weighted by molar-refractivity contribution is 7.88. The van der Waals surface area contributed by atoms with Crippen LogP contribution in [0.15, 0.2) is 0 Å². The van der Waals surface area contributed by atoms with Crippen LogP contribution in [0.3, 0.4) is 0 Å². The second-order valence-corrected chi connectivity index (χ2v) is 10.8. The number of hydrogen-bond donors (Lipinski definition) is 0. The summed E-state index contributed by atoms with van der Waals surface area (Å²) in [6.45, 7) is 10.3. The van der Waals surface area contributed by atoms with Gasteiger partial charge in [0, 0.05) is 31.2 Å². The maximum absolute atomic E-state index is 12.0. The van der Waals surface area contributed by atoms with Crippen LogP contribution in [0.4, 0.5) is 0 Å². The van der Waals surface area contributed by atoms with Crippen LogP contribution in [0.25, 0.3) is 0 Å². The van der Waals surface area contributed by atoms with Gasteiger partial charge in [0.2, 0.25) is 10.0 Å². The molecule has 0 unspecified atom stereocenters. The third-order valence-corrected chi connectivity index (χ3v) is 7.36. The van der Waals surface area contributed by atoms with Gasteiger partial charge in [-0.25, -0.2) is 8.42 Å². The van der Waals surface area contributed by atoms with E-state index >= 15 is 0 Å². The first kappa shape index (κ1) is 24.9. The third-order valence-electron chi connectivity index (χ3n) is 6.13. The molecular formula is C22H46N2O2S. The molecule has 0 spiro atoms. The van der Waals surface area contributed by atoms with E-state index in [9.17, 15) is 8.42 Å². The monoisotopic (exact) mass is 402 g/mol. The lowest BCUT2D eigenvalue weighted by Crippen LogP contribution is -2.60. The van der Waals surface area contributed by atoms with Crippen molar-refractivity contribution in [3.8, 4) is 0 Å². The Morgan fingerprint density at radius 3 is 1.56 bits per heavy atom. The van der Waals surface area contributed by atoms with Crippen LogP contribution in [-0.4, -0.2) is 55.1 Å². The van der Waals surface area contributed by atoms with Gasteiger partial charge < -0.3 is 0 Å². The van der Waals surface area contributed by atoms with E-state index in [0.29, 0.717) is 31.2 Å². The standard InChI is InChI=1S/C22H46N2O2S/c1-6-8-10-12-14-16-22(17-15-13-11-9-7-2)24-20(3)18-23(19-21(24)4)27(5,25)26/h20-22H,6-19H2,1-5H3/t20-,21+. The second kappa shape index (κ2) is 13.2. The van der Waals surface area contributed by atoms with Crippen LogP contribution in [0.5, 0.6) is 0 Å². The zero-order chi connectivity index (χ0) is 20.3. The van der Waals surface area contributed by atoms with Crippen molar-refractivity contribution >= 4 is 10.0 Å². The van der Waals surface area contributed by atoms with Gasteiger partial charge in [-0.3, -0.25) is 4.90 Å². The Labute approximate surface area is 170 Å². The number of piperazine rings is 1. The van der Waals surface area contributed by atoms with Crippen LogP contribution in [0, 0.1) is 0 Å². The zero-order valence-corrected chi connectivity index (χ0v) is 19.6. The fourth-order valence-corrected chi connectivity index (χ4v) is 5.66. The summed E-state index contributed by atoms with van der Waals surface area (Å²) in [7, 11) is -3.09. The molecule has 0 saturated carbocycles. The Kier molecular flexibility index (Phi) is 12.1. The minimum Gasteiger partial charge on any atom is -0.292 e. The number of nitrogens with zero attached hydrogens (tertiary/aromatic N) is 2. The molecule has 1 saturated heterocycles. The first-order valence-corrected chi connectivity index (χ1v) is 13.4. The van der Waals surface area contributed by atoms with Gasteiger partial charge >= 0.3 is 0 Å². The predicted octanol–water partition coefficient (Wildman–Crippen LogP) is 5.43. The van der Waals surface area contributed by atoms with Crippen molar-refractivity contribution in [1.29, 1.82) is 0 Å². The topological polar surface area (TPSA) is 40.6 Å². The molecule has 4 nitrogen and oxygen atoms in total. The van der Waals surface area contributed by atoms with E-state index in [1.54, 1.807) is 4.31 Å². The number of hydrogen-bond acceptors (Lipinski definition) is 3. The van der Waals surface area contributed by atoms with Crippen LogP contribution in [0.1, 0.15) is 105 Å². The maximum Gasteiger partial charge on any atom is 0.211 e. The van der Waals surface area contributed by atoms with Crippen molar-refractivity contribution in [3.05, 3.63) is 0 Å². The molecule has 1 aliphatic rings. The first-order valence-electron chi connectivity index (χ1n) is 11.5. The van der Waals surface area contributed by atoms with Gasteiger partial charge in [-0.1, -0.05) is 78.1 Å². The molecule has 1 rings (SSSR count). The molecule has 0 amide bonds. The van der Waals surface area contributed by atoms with E-state index in [0.717, 1.165) is 0 Å². The van der Waals surface area contributed by atoms with Gasteiger partial charge in [-0.2, -0.15) is 4.31 Å². The summed E-state index contributed by atoms with van der Waals surface area (Å²) in [5.41, 5.74) is 0. The summed E-state index contributed by atoms with van der Waals surface area (Å²) in [5, 5.41) is 0. The van der Waals surface area contributed by atoms with E-state index in [2.05, 4.69) is 32.6 Å². The molecule has 27 heavy (non-hydrogen) atoms. The molecular weight excluding hydrogens is 356 g/mol. The molecule has 0 aliphatic carbocycles. The van der Waals surface area contributed by atoms with Crippen molar-refractivity contribution in [2.75, 3.05) is 19.3 Å². The highest BCUT2D eigenvalue weighted by Gasteiger charge is 2.36. The fourth-order valence-electron chi connectivity index (χ4n) is 4.69. The molecule has 1 fully saturated rings. The highest BCUT2D eigenvalue weighted by Crippen LogP contribution is 2.27. The molecule has 0 aromatic rings. The molecule has 2 atom stereocenters. The van der Waals surface area contributed by atoms with E-state index in [1.807, 2.05) is 0 Å². The van der Waals surface area contributed by atoms with Crippen LogP contribution in [-0.2, 0) is 10.0 Å². The van der Waals surface area contributed by atoms with Gasteiger partial charge in [0.05, 0.1) is 6.26 Å². The molecule has 0 N–H and O–H groups in total. The molecule has 0 aromatic carbocycles. The number of unbranched alkanes of at least 4 members (excludes halogenated alkanes) is 8. The lowest BCUT2D eigenvalue weighted by molar-refractivity contribution is 0.0270. The van der Waals surface area contributed by atoms with Crippen LogP contribution in [0.2, 0.25) is 0 Å². The molecule has 1 aliphatic heterocycles. The van der Waals surface area contributed by atoms with E-state index in [-0.39, 0.29) is 0 Å². The normalized spacial score (nSPS) is 22.6. The lowest BCUT2D eigenvalue weighted by atomic mass is 9.95. The SMILES string of the molecule is CCCCCCCC(CCCCCCC)N1[C@H](C)CN(S(C)(=O)=O)C[C@@H]1C. The largest absolute Gasteiger partial charge is 0.292 e. The van der Waals surface area contributed by atoms with Crippen molar-refractivity contribution < 1.29 is 8.42 Å². The minimum absolute atomic E-state index is 0.305.